The molecule has 0 aliphatic carbocycles. The average Bonchev–Trinajstić information content (AvgIpc) is 2.63. The second-order valence-electron chi connectivity index (χ2n) is 6.02. The third-order valence-corrected chi connectivity index (χ3v) is 4.20. The van der Waals surface area contributed by atoms with Crippen LogP contribution in [0.3, 0.4) is 0 Å². The molecule has 1 saturated heterocycles. The maximum atomic E-state index is 12.3. The van der Waals surface area contributed by atoms with Gasteiger partial charge in [-0.3, -0.25) is 18.7 Å². The second-order valence-corrected chi connectivity index (χ2v) is 6.02. The van der Waals surface area contributed by atoms with Gasteiger partial charge in [-0.15, -0.1) is 0 Å². The molecule has 3 rings (SSSR count). The molecule has 0 radical (unpaired) electrons. The quantitative estimate of drug-likeness (QED) is 0.773. The summed E-state index contributed by atoms with van der Waals surface area (Å²) in [5.41, 5.74) is -0.905. The number of piperidine rings is 1. The molecule has 25 heavy (non-hydrogen) atoms. The molecule has 1 amide bonds. The fraction of sp³-hybridized carbons (Fsp3) is 0.438. The largest absolute Gasteiger partial charge is 0.350 e. The van der Waals surface area contributed by atoms with Gasteiger partial charge in [0.2, 0.25) is 11.9 Å². The van der Waals surface area contributed by atoms with Crippen LogP contribution in [-0.4, -0.2) is 44.1 Å². The third kappa shape index (κ3) is 3.93. The Morgan fingerprint density at radius 3 is 2.84 bits per heavy atom. The average molecular weight is 344 g/mol. The number of amides is 1. The number of carbonyl (C=O) groups is 1. The van der Waals surface area contributed by atoms with Crippen LogP contribution in [0.25, 0.3) is 0 Å². The van der Waals surface area contributed by atoms with Crippen LogP contribution in [0.2, 0.25) is 0 Å². The number of rotatable bonds is 4. The third-order valence-electron chi connectivity index (χ3n) is 4.20. The first-order valence-corrected chi connectivity index (χ1v) is 8.12. The molecule has 2 aromatic heterocycles. The Morgan fingerprint density at radius 1 is 1.32 bits per heavy atom. The summed E-state index contributed by atoms with van der Waals surface area (Å²) in [5, 5.41) is 2.95. The normalized spacial score (nSPS) is 17.3. The van der Waals surface area contributed by atoms with E-state index in [2.05, 4.69) is 15.3 Å². The molecule has 9 heteroatoms. The fourth-order valence-corrected chi connectivity index (χ4v) is 2.90. The number of hydrogen-bond donors (Lipinski definition) is 1. The molecular formula is C16H20N6O3. The van der Waals surface area contributed by atoms with Gasteiger partial charge in [-0.05, 0) is 18.9 Å². The lowest BCUT2D eigenvalue weighted by Crippen LogP contribution is -2.49. The van der Waals surface area contributed by atoms with Crippen LogP contribution in [-0.2, 0) is 18.4 Å². The minimum absolute atomic E-state index is 0.0340. The molecule has 0 spiro atoms. The van der Waals surface area contributed by atoms with Crippen LogP contribution >= 0.6 is 0 Å². The Morgan fingerprint density at radius 2 is 2.08 bits per heavy atom. The van der Waals surface area contributed by atoms with Gasteiger partial charge in [0.05, 0.1) is 0 Å². The van der Waals surface area contributed by atoms with Crippen molar-refractivity contribution in [3.05, 3.63) is 51.6 Å². The molecule has 132 valence electrons. The van der Waals surface area contributed by atoms with Crippen molar-refractivity contribution >= 4 is 11.9 Å². The van der Waals surface area contributed by atoms with Crippen LogP contribution in [0.1, 0.15) is 12.8 Å². The van der Waals surface area contributed by atoms with Crippen molar-refractivity contribution < 1.29 is 4.79 Å². The van der Waals surface area contributed by atoms with E-state index in [4.69, 9.17) is 0 Å². The SMILES string of the molecule is Cn1c(=O)ccn(CC(=O)NC2CCCN(c3ncccn3)C2)c1=O. The van der Waals surface area contributed by atoms with Gasteiger partial charge >= 0.3 is 5.69 Å². The standard InChI is InChI=1S/C16H20N6O3/c1-20-14(24)5-9-22(16(20)25)11-13(23)19-12-4-2-8-21(10-12)15-17-6-3-7-18-15/h3,5-7,9,12H,2,4,8,10-11H2,1H3,(H,19,23). The van der Waals surface area contributed by atoms with E-state index in [1.807, 2.05) is 4.90 Å². The monoisotopic (exact) mass is 344 g/mol. The fourth-order valence-electron chi connectivity index (χ4n) is 2.90. The lowest BCUT2D eigenvalue weighted by molar-refractivity contribution is -0.122. The van der Waals surface area contributed by atoms with Crippen molar-refractivity contribution in [3.63, 3.8) is 0 Å². The van der Waals surface area contributed by atoms with E-state index in [9.17, 15) is 14.4 Å². The smallest absolute Gasteiger partial charge is 0.331 e. The summed E-state index contributed by atoms with van der Waals surface area (Å²) < 4.78 is 2.19. The van der Waals surface area contributed by atoms with Gasteiger partial charge in [-0.2, -0.15) is 0 Å². The van der Waals surface area contributed by atoms with E-state index in [1.165, 1.54) is 23.9 Å². The van der Waals surface area contributed by atoms with Gasteiger partial charge in [0, 0.05) is 50.8 Å². The highest BCUT2D eigenvalue weighted by molar-refractivity contribution is 5.76. The zero-order chi connectivity index (χ0) is 17.8. The van der Waals surface area contributed by atoms with Crippen molar-refractivity contribution in [2.24, 2.45) is 7.05 Å². The minimum atomic E-state index is -0.509. The molecule has 1 aliphatic rings. The van der Waals surface area contributed by atoms with Gasteiger partial charge in [-0.25, -0.2) is 14.8 Å². The molecule has 1 unspecified atom stereocenters. The van der Waals surface area contributed by atoms with Crippen molar-refractivity contribution in [1.82, 2.24) is 24.4 Å². The Labute approximate surface area is 143 Å². The molecule has 3 heterocycles. The summed E-state index contributed by atoms with van der Waals surface area (Å²) >= 11 is 0. The van der Waals surface area contributed by atoms with E-state index in [0.29, 0.717) is 12.5 Å². The molecule has 2 aromatic rings. The highest BCUT2D eigenvalue weighted by atomic mass is 16.2. The van der Waals surface area contributed by atoms with E-state index in [-0.39, 0.29) is 18.5 Å². The summed E-state index contributed by atoms with van der Waals surface area (Å²) in [4.78, 5) is 46.1. The molecule has 0 aromatic carbocycles. The molecular weight excluding hydrogens is 324 g/mol. The van der Waals surface area contributed by atoms with Crippen molar-refractivity contribution in [3.8, 4) is 0 Å². The van der Waals surface area contributed by atoms with Gasteiger partial charge < -0.3 is 10.2 Å². The molecule has 1 atom stereocenters. The lowest BCUT2D eigenvalue weighted by Gasteiger charge is -2.33. The maximum absolute atomic E-state index is 12.3. The molecule has 1 aliphatic heterocycles. The van der Waals surface area contributed by atoms with Gasteiger partial charge in [0.15, 0.2) is 0 Å². The molecule has 0 saturated carbocycles. The van der Waals surface area contributed by atoms with E-state index >= 15 is 0 Å². The number of nitrogens with zero attached hydrogens (tertiary/aromatic N) is 5. The van der Waals surface area contributed by atoms with Crippen molar-refractivity contribution in [2.45, 2.75) is 25.4 Å². The Hall–Kier alpha value is -2.97. The summed E-state index contributed by atoms with van der Waals surface area (Å²) in [7, 11) is 1.39. The second kappa shape index (κ2) is 7.29. The first kappa shape index (κ1) is 16.9. The number of hydrogen-bond acceptors (Lipinski definition) is 6. The number of anilines is 1. The molecule has 9 nitrogen and oxygen atoms in total. The lowest BCUT2D eigenvalue weighted by atomic mass is 10.1. The Balaban J connectivity index is 1.62. The number of carbonyl (C=O) groups excluding carboxylic acids is 1. The number of aromatic nitrogens is 4. The molecule has 1 fully saturated rings. The molecule has 0 bridgehead atoms. The van der Waals surface area contributed by atoms with Crippen molar-refractivity contribution in [2.75, 3.05) is 18.0 Å². The first-order valence-electron chi connectivity index (χ1n) is 8.12. The highest BCUT2D eigenvalue weighted by Crippen LogP contribution is 2.15. The van der Waals surface area contributed by atoms with Crippen LogP contribution in [0.15, 0.2) is 40.3 Å². The summed E-state index contributed by atoms with van der Waals surface area (Å²) in [6.45, 7) is 1.35. The predicted octanol–water partition coefficient (Wildman–Crippen LogP) is -0.878. The Kier molecular flexibility index (Phi) is 4.92. The van der Waals surface area contributed by atoms with E-state index in [1.54, 1.807) is 18.5 Å². The van der Waals surface area contributed by atoms with E-state index < -0.39 is 11.2 Å². The van der Waals surface area contributed by atoms with Crippen LogP contribution < -0.4 is 21.5 Å². The number of nitrogens with one attached hydrogen (secondary N) is 1. The van der Waals surface area contributed by atoms with Gasteiger partial charge in [0.1, 0.15) is 6.54 Å². The van der Waals surface area contributed by atoms with Crippen LogP contribution in [0.4, 0.5) is 5.95 Å². The highest BCUT2D eigenvalue weighted by Gasteiger charge is 2.23. The zero-order valence-electron chi connectivity index (χ0n) is 14.0. The summed E-state index contributed by atoms with van der Waals surface area (Å²) in [5.74, 6) is 0.386. The van der Waals surface area contributed by atoms with Gasteiger partial charge in [-0.1, -0.05) is 0 Å². The van der Waals surface area contributed by atoms with Crippen LogP contribution in [0, 0.1) is 0 Å². The predicted molar refractivity (Wildman–Crippen MR) is 91.4 cm³/mol. The zero-order valence-corrected chi connectivity index (χ0v) is 14.0. The van der Waals surface area contributed by atoms with Gasteiger partial charge in [0.25, 0.3) is 5.56 Å². The summed E-state index contributed by atoms with van der Waals surface area (Å²) in [6, 6.07) is 3.00. The van der Waals surface area contributed by atoms with Crippen molar-refractivity contribution in [1.29, 1.82) is 0 Å². The maximum Gasteiger partial charge on any atom is 0.331 e. The topological polar surface area (TPSA) is 102 Å². The minimum Gasteiger partial charge on any atom is -0.350 e. The summed E-state index contributed by atoms with van der Waals surface area (Å²) in [6.07, 6.45) is 6.50. The van der Waals surface area contributed by atoms with E-state index in [0.717, 1.165) is 24.0 Å². The first-order chi connectivity index (χ1) is 12.0. The Bertz CT molecular complexity index is 860. The molecule has 1 N–H and O–H groups in total. The van der Waals surface area contributed by atoms with Crippen LogP contribution in [0.5, 0.6) is 0 Å².